The summed E-state index contributed by atoms with van der Waals surface area (Å²) in [7, 11) is 0. The van der Waals surface area contributed by atoms with E-state index in [2.05, 4.69) is 21.1 Å². The summed E-state index contributed by atoms with van der Waals surface area (Å²) in [5, 5.41) is 4.60. The molecule has 27 heavy (non-hydrogen) atoms. The van der Waals surface area contributed by atoms with Gasteiger partial charge < -0.3 is 16.0 Å². The molecule has 0 aliphatic rings. The smallest absolute Gasteiger partial charge is 0.323 e. The SMILES string of the molecule is NC(=O)N(c1ccc(-c2cccc3onc(N)c23)cc1)c1cccc(Br)c1. The van der Waals surface area contributed by atoms with Gasteiger partial charge in [0.15, 0.2) is 11.4 Å². The standard InChI is InChI=1S/C20H15BrN4O2/c21-13-3-1-4-15(11-13)25(20(23)26)14-9-7-12(8-10-14)16-5-2-6-17-18(16)19(22)24-27-17/h1-11H,(H2,22,24)(H2,23,26). The largest absolute Gasteiger partial charge is 0.380 e. The fourth-order valence-electron chi connectivity index (χ4n) is 3.06. The normalized spacial score (nSPS) is 10.9. The average Bonchev–Trinajstić information content (AvgIpc) is 3.04. The number of halogens is 1. The molecule has 0 aliphatic carbocycles. The zero-order valence-electron chi connectivity index (χ0n) is 14.1. The lowest BCUT2D eigenvalue weighted by Crippen LogP contribution is -2.31. The van der Waals surface area contributed by atoms with Gasteiger partial charge in [-0.3, -0.25) is 4.90 Å². The fraction of sp³-hybridized carbons (Fsp3) is 0. The van der Waals surface area contributed by atoms with E-state index in [4.69, 9.17) is 16.0 Å². The minimum absolute atomic E-state index is 0.345. The molecule has 0 aliphatic heterocycles. The fourth-order valence-corrected chi connectivity index (χ4v) is 3.45. The van der Waals surface area contributed by atoms with Crippen molar-refractivity contribution in [1.82, 2.24) is 5.16 Å². The van der Waals surface area contributed by atoms with Gasteiger partial charge in [0.05, 0.1) is 16.8 Å². The van der Waals surface area contributed by atoms with Crippen LogP contribution in [0.15, 0.2) is 75.7 Å². The van der Waals surface area contributed by atoms with Crippen LogP contribution in [0.2, 0.25) is 0 Å². The van der Waals surface area contributed by atoms with E-state index in [1.165, 1.54) is 4.90 Å². The second-order valence-corrected chi connectivity index (χ2v) is 6.86. The Bertz CT molecular complexity index is 1140. The Labute approximate surface area is 163 Å². The van der Waals surface area contributed by atoms with Gasteiger partial charge in [0, 0.05) is 4.47 Å². The van der Waals surface area contributed by atoms with Crippen LogP contribution in [0.25, 0.3) is 22.1 Å². The molecule has 4 rings (SSSR count). The summed E-state index contributed by atoms with van der Waals surface area (Å²) in [5.41, 5.74) is 15.4. The van der Waals surface area contributed by atoms with Crippen molar-refractivity contribution >= 4 is 50.1 Å². The zero-order chi connectivity index (χ0) is 19.0. The van der Waals surface area contributed by atoms with Crippen molar-refractivity contribution < 1.29 is 9.32 Å². The van der Waals surface area contributed by atoms with E-state index in [1.54, 1.807) is 0 Å². The number of carbonyl (C=O) groups excluding carboxylic acids is 1. The number of carbonyl (C=O) groups is 1. The quantitative estimate of drug-likeness (QED) is 0.482. The molecule has 7 heteroatoms. The minimum atomic E-state index is -0.564. The lowest BCUT2D eigenvalue weighted by Gasteiger charge is -2.21. The highest BCUT2D eigenvalue weighted by Gasteiger charge is 2.16. The molecule has 134 valence electrons. The van der Waals surface area contributed by atoms with Crippen LogP contribution in [-0.4, -0.2) is 11.2 Å². The van der Waals surface area contributed by atoms with E-state index < -0.39 is 6.03 Å². The molecule has 6 nitrogen and oxygen atoms in total. The maximum Gasteiger partial charge on any atom is 0.323 e. The van der Waals surface area contributed by atoms with Crippen LogP contribution in [0, 0.1) is 0 Å². The summed E-state index contributed by atoms with van der Waals surface area (Å²) >= 11 is 3.41. The van der Waals surface area contributed by atoms with Crippen molar-refractivity contribution in [3.05, 3.63) is 71.2 Å². The monoisotopic (exact) mass is 422 g/mol. The Hall–Kier alpha value is -3.32. The molecule has 0 saturated heterocycles. The van der Waals surface area contributed by atoms with Gasteiger partial charge in [0.25, 0.3) is 0 Å². The van der Waals surface area contributed by atoms with Gasteiger partial charge in [-0.25, -0.2) is 4.79 Å². The average molecular weight is 423 g/mol. The Morgan fingerprint density at radius 1 is 1.00 bits per heavy atom. The summed E-state index contributed by atoms with van der Waals surface area (Å²) in [4.78, 5) is 13.5. The minimum Gasteiger partial charge on any atom is -0.380 e. The molecule has 1 aromatic heterocycles. The number of urea groups is 1. The number of nitrogens with zero attached hydrogens (tertiary/aromatic N) is 2. The highest BCUT2D eigenvalue weighted by molar-refractivity contribution is 9.10. The van der Waals surface area contributed by atoms with Crippen molar-refractivity contribution in [2.24, 2.45) is 5.73 Å². The Balaban J connectivity index is 1.76. The predicted octanol–water partition coefficient (Wildman–Crippen LogP) is 5.06. The molecule has 0 radical (unpaired) electrons. The number of primary amides is 1. The first-order valence-corrected chi connectivity index (χ1v) is 8.93. The number of amides is 2. The second kappa shape index (κ2) is 6.77. The molecule has 0 spiro atoms. The van der Waals surface area contributed by atoms with E-state index in [-0.39, 0.29) is 0 Å². The van der Waals surface area contributed by atoms with Gasteiger partial charge >= 0.3 is 6.03 Å². The molecule has 1 heterocycles. The number of anilines is 3. The molecule has 3 aromatic carbocycles. The van der Waals surface area contributed by atoms with Crippen molar-refractivity contribution in [2.45, 2.75) is 0 Å². The molecule has 2 amide bonds. The molecule has 0 fully saturated rings. The van der Waals surface area contributed by atoms with E-state index >= 15 is 0 Å². The van der Waals surface area contributed by atoms with Gasteiger partial charge in [-0.2, -0.15) is 0 Å². The molecule has 0 bridgehead atoms. The summed E-state index contributed by atoms with van der Waals surface area (Å²) < 4.78 is 6.08. The van der Waals surface area contributed by atoms with Crippen molar-refractivity contribution in [2.75, 3.05) is 10.6 Å². The first kappa shape index (κ1) is 17.1. The summed E-state index contributed by atoms with van der Waals surface area (Å²) in [5.74, 6) is 0.345. The molecule has 4 N–H and O–H groups in total. The van der Waals surface area contributed by atoms with Crippen LogP contribution >= 0.6 is 15.9 Å². The van der Waals surface area contributed by atoms with Crippen molar-refractivity contribution in [1.29, 1.82) is 0 Å². The third kappa shape index (κ3) is 3.13. The number of benzene rings is 3. The number of hydrogen-bond donors (Lipinski definition) is 2. The lowest BCUT2D eigenvalue weighted by atomic mass is 10.0. The van der Waals surface area contributed by atoms with Gasteiger partial charge in [-0.15, -0.1) is 0 Å². The number of rotatable bonds is 3. The third-order valence-electron chi connectivity index (χ3n) is 4.25. The first-order chi connectivity index (χ1) is 13.0. The number of hydrogen-bond acceptors (Lipinski definition) is 4. The number of fused-ring (bicyclic) bond motifs is 1. The molecule has 0 atom stereocenters. The van der Waals surface area contributed by atoms with Crippen LogP contribution in [0.5, 0.6) is 0 Å². The van der Waals surface area contributed by atoms with Gasteiger partial charge in [0.1, 0.15) is 0 Å². The van der Waals surface area contributed by atoms with E-state index in [0.29, 0.717) is 22.8 Å². The second-order valence-electron chi connectivity index (χ2n) is 5.95. The Morgan fingerprint density at radius 3 is 2.44 bits per heavy atom. The Morgan fingerprint density at radius 2 is 1.74 bits per heavy atom. The lowest BCUT2D eigenvalue weighted by molar-refractivity contribution is 0.256. The zero-order valence-corrected chi connectivity index (χ0v) is 15.7. The van der Waals surface area contributed by atoms with Crippen LogP contribution in [0.1, 0.15) is 0 Å². The molecular weight excluding hydrogens is 408 g/mol. The van der Waals surface area contributed by atoms with Crippen molar-refractivity contribution in [3.8, 4) is 11.1 Å². The Kier molecular flexibility index (Phi) is 4.29. The van der Waals surface area contributed by atoms with Gasteiger partial charge in [0.2, 0.25) is 0 Å². The van der Waals surface area contributed by atoms with E-state index in [9.17, 15) is 4.79 Å². The summed E-state index contributed by atoms with van der Waals surface area (Å²) in [6.45, 7) is 0. The highest BCUT2D eigenvalue weighted by Crippen LogP contribution is 2.34. The van der Waals surface area contributed by atoms with Crippen molar-refractivity contribution in [3.63, 3.8) is 0 Å². The van der Waals surface area contributed by atoms with Crippen LogP contribution in [-0.2, 0) is 0 Å². The van der Waals surface area contributed by atoms with Crippen LogP contribution in [0.4, 0.5) is 22.0 Å². The summed E-state index contributed by atoms with van der Waals surface area (Å²) in [6, 6.07) is 20.0. The molecule has 0 saturated carbocycles. The molecule has 4 aromatic rings. The van der Waals surface area contributed by atoms with Gasteiger partial charge in [-0.05, 0) is 47.5 Å². The van der Waals surface area contributed by atoms with E-state index in [0.717, 1.165) is 21.0 Å². The van der Waals surface area contributed by atoms with Crippen LogP contribution < -0.4 is 16.4 Å². The van der Waals surface area contributed by atoms with Crippen LogP contribution in [0.3, 0.4) is 0 Å². The maximum atomic E-state index is 12.0. The first-order valence-electron chi connectivity index (χ1n) is 8.14. The van der Waals surface area contributed by atoms with E-state index in [1.807, 2.05) is 66.7 Å². The third-order valence-corrected chi connectivity index (χ3v) is 4.74. The number of nitrogens with two attached hydrogens (primary N) is 2. The molecule has 0 unspecified atom stereocenters. The highest BCUT2D eigenvalue weighted by atomic mass is 79.9. The maximum absolute atomic E-state index is 12.0. The topological polar surface area (TPSA) is 98.4 Å². The number of nitrogen functional groups attached to an aromatic ring is 1. The molecular formula is C20H15BrN4O2. The van der Waals surface area contributed by atoms with Gasteiger partial charge in [-0.1, -0.05) is 51.4 Å². The summed E-state index contributed by atoms with van der Waals surface area (Å²) in [6.07, 6.45) is 0. The predicted molar refractivity (Wildman–Crippen MR) is 110 cm³/mol. The number of aromatic nitrogens is 1.